The Hall–Kier alpha value is -2.06. The molecule has 3 N–H and O–H groups in total. The number of benzene rings is 1. The van der Waals surface area contributed by atoms with Crippen molar-refractivity contribution >= 4 is 11.9 Å². The minimum Gasteiger partial charge on any atom is -0.372 e. The number of carbonyl (C=O) groups excluding carboxylic acids is 2. The molecule has 0 radical (unpaired) electrons. The van der Waals surface area contributed by atoms with Crippen molar-refractivity contribution in [1.82, 2.24) is 16.0 Å². The number of amides is 3. The molecule has 1 heterocycles. The van der Waals surface area contributed by atoms with Crippen molar-refractivity contribution in [2.45, 2.75) is 31.5 Å². The minimum atomic E-state index is -0.942. The maximum Gasteiger partial charge on any atom is 0.321 e. The van der Waals surface area contributed by atoms with Gasteiger partial charge in [0.1, 0.15) is 0 Å². The van der Waals surface area contributed by atoms with Gasteiger partial charge in [-0.15, -0.1) is 0 Å². The molecular formula is C15H19F2N3O3. The van der Waals surface area contributed by atoms with E-state index in [9.17, 15) is 18.4 Å². The molecular weight excluding hydrogens is 308 g/mol. The van der Waals surface area contributed by atoms with Crippen LogP contribution in [0, 0.1) is 11.6 Å². The Kier molecular flexibility index (Phi) is 5.62. The molecule has 0 aromatic heterocycles. The molecule has 2 rings (SSSR count). The summed E-state index contributed by atoms with van der Waals surface area (Å²) in [6.07, 6.45) is 0.127. The fourth-order valence-corrected chi connectivity index (χ4v) is 2.46. The third kappa shape index (κ3) is 4.23. The summed E-state index contributed by atoms with van der Waals surface area (Å²) in [5.41, 5.74) is 0.498. The van der Waals surface area contributed by atoms with Gasteiger partial charge in [0.05, 0.1) is 12.1 Å². The summed E-state index contributed by atoms with van der Waals surface area (Å²) in [4.78, 5) is 23.0. The van der Waals surface area contributed by atoms with E-state index in [-0.39, 0.29) is 6.04 Å². The summed E-state index contributed by atoms with van der Waals surface area (Å²) in [6.45, 7) is 2.05. The van der Waals surface area contributed by atoms with Crippen LogP contribution in [0.25, 0.3) is 0 Å². The highest BCUT2D eigenvalue weighted by Crippen LogP contribution is 2.30. The summed E-state index contributed by atoms with van der Waals surface area (Å²) in [5, 5.41) is 7.52. The molecule has 1 aromatic rings. The lowest BCUT2D eigenvalue weighted by Gasteiger charge is -2.23. The zero-order chi connectivity index (χ0) is 17.0. The number of carbonyl (C=O) groups is 2. The molecule has 0 bridgehead atoms. The molecule has 8 heteroatoms. The van der Waals surface area contributed by atoms with Crippen molar-refractivity contribution in [3.05, 3.63) is 35.4 Å². The molecule has 0 saturated carbocycles. The Morgan fingerprint density at radius 3 is 2.70 bits per heavy atom. The maximum atomic E-state index is 13.4. The van der Waals surface area contributed by atoms with Gasteiger partial charge >= 0.3 is 6.03 Å². The van der Waals surface area contributed by atoms with Crippen molar-refractivity contribution in [3.8, 4) is 0 Å². The zero-order valence-electron chi connectivity index (χ0n) is 12.9. The SMILES string of the molecule is CNC(=O)NC(=O)C(C)N[C@@H]1CCO[C@H]1c1ccc(F)c(F)c1. The van der Waals surface area contributed by atoms with Gasteiger partial charge in [0.15, 0.2) is 11.6 Å². The van der Waals surface area contributed by atoms with Crippen LogP contribution in [-0.4, -0.2) is 37.7 Å². The van der Waals surface area contributed by atoms with E-state index in [0.29, 0.717) is 18.6 Å². The molecule has 1 fully saturated rings. The molecule has 6 nitrogen and oxygen atoms in total. The molecule has 1 aromatic carbocycles. The lowest BCUT2D eigenvalue weighted by atomic mass is 10.0. The van der Waals surface area contributed by atoms with Gasteiger partial charge in [-0.25, -0.2) is 13.6 Å². The fraction of sp³-hybridized carbons (Fsp3) is 0.467. The van der Waals surface area contributed by atoms with Gasteiger partial charge in [-0.2, -0.15) is 0 Å². The molecule has 0 aliphatic carbocycles. The number of imide groups is 1. The first-order chi connectivity index (χ1) is 10.9. The lowest BCUT2D eigenvalue weighted by molar-refractivity contribution is -0.121. The van der Waals surface area contributed by atoms with Crippen molar-refractivity contribution < 1.29 is 23.1 Å². The van der Waals surface area contributed by atoms with Gasteiger partial charge in [0, 0.05) is 19.7 Å². The quantitative estimate of drug-likeness (QED) is 0.777. The first-order valence-corrected chi connectivity index (χ1v) is 7.27. The summed E-state index contributed by atoms with van der Waals surface area (Å²) >= 11 is 0. The number of hydrogen-bond acceptors (Lipinski definition) is 4. The highest BCUT2D eigenvalue weighted by atomic mass is 19.2. The molecule has 0 spiro atoms. The van der Waals surface area contributed by atoms with Crippen LogP contribution in [0.2, 0.25) is 0 Å². The van der Waals surface area contributed by atoms with Crippen LogP contribution in [0.15, 0.2) is 18.2 Å². The van der Waals surface area contributed by atoms with E-state index in [1.54, 1.807) is 6.92 Å². The van der Waals surface area contributed by atoms with Crippen molar-refractivity contribution in [2.75, 3.05) is 13.7 Å². The average Bonchev–Trinajstić information content (AvgIpc) is 2.97. The van der Waals surface area contributed by atoms with E-state index < -0.39 is 35.7 Å². The van der Waals surface area contributed by atoms with Gasteiger partial charge in [-0.3, -0.25) is 10.1 Å². The molecule has 3 atom stereocenters. The zero-order valence-corrected chi connectivity index (χ0v) is 12.9. The van der Waals surface area contributed by atoms with Crippen molar-refractivity contribution in [3.63, 3.8) is 0 Å². The Morgan fingerprint density at radius 1 is 1.30 bits per heavy atom. The second-order valence-electron chi connectivity index (χ2n) is 5.32. The molecule has 3 amide bonds. The second kappa shape index (κ2) is 7.47. The topological polar surface area (TPSA) is 79.5 Å². The van der Waals surface area contributed by atoms with Crippen LogP contribution in [0.1, 0.15) is 25.0 Å². The van der Waals surface area contributed by atoms with E-state index >= 15 is 0 Å². The van der Waals surface area contributed by atoms with E-state index in [0.717, 1.165) is 12.1 Å². The lowest BCUT2D eigenvalue weighted by Crippen LogP contribution is -2.50. The average molecular weight is 327 g/mol. The molecule has 1 saturated heterocycles. The van der Waals surface area contributed by atoms with Gasteiger partial charge in [-0.05, 0) is 31.0 Å². The van der Waals surface area contributed by atoms with Crippen LogP contribution < -0.4 is 16.0 Å². The third-order valence-corrected chi connectivity index (χ3v) is 3.69. The maximum absolute atomic E-state index is 13.4. The number of halogens is 2. The molecule has 126 valence electrons. The van der Waals surface area contributed by atoms with Crippen LogP contribution in [-0.2, 0) is 9.53 Å². The minimum absolute atomic E-state index is 0.245. The largest absolute Gasteiger partial charge is 0.372 e. The Morgan fingerprint density at radius 2 is 2.04 bits per heavy atom. The summed E-state index contributed by atoms with van der Waals surface area (Å²) in [5.74, 6) is -2.35. The fourth-order valence-electron chi connectivity index (χ4n) is 2.46. The second-order valence-corrected chi connectivity index (χ2v) is 5.32. The van der Waals surface area contributed by atoms with E-state index in [1.165, 1.54) is 13.1 Å². The smallest absolute Gasteiger partial charge is 0.321 e. The standard InChI is InChI=1S/C15H19F2N3O3/c1-8(14(21)20-15(22)18-2)19-12-5-6-23-13(12)9-3-4-10(16)11(17)7-9/h3-4,7-8,12-13,19H,5-6H2,1-2H3,(H2,18,20,21,22)/t8?,12-,13+/m1/s1. The first kappa shape index (κ1) is 17.3. The number of ether oxygens (including phenoxy) is 1. The van der Waals surface area contributed by atoms with Gasteiger partial charge < -0.3 is 15.4 Å². The molecule has 1 aliphatic heterocycles. The number of nitrogens with one attached hydrogen (secondary N) is 3. The van der Waals surface area contributed by atoms with Crippen LogP contribution in [0.5, 0.6) is 0 Å². The van der Waals surface area contributed by atoms with Crippen LogP contribution in [0.3, 0.4) is 0 Å². The van der Waals surface area contributed by atoms with Crippen molar-refractivity contribution in [1.29, 1.82) is 0 Å². The summed E-state index contributed by atoms with van der Waals surface area (Å²) < 4.78 is 32.0. The molecule has 1 unspecified atom stereocenters. The highest BCUT2D eigenvalue weighted by Gasteiger charge is 2.32. The third-order valence-electron chi connectivity index (χ3n) is 3.69. The Balaban J connectivity index is 2.02. The van der Waals surface area contributed by atoms with Gasteiger partial charge in [-0.1, -0.05) is 6.07 Å². The van der Waals surface area contributed by atoms with Crippen molar-refractivity contribution in [2.24, 2.45) is 0 Å². The predicted molar refractivity (Wildman–Crippen MR) is 78.7 cm³/mol. The molecule has 23 heavy (non-hydrogen) atoms. The number of hydrogen-bond donors (Lipinski definition) is 3. The summed E-state index contributed by atoms with van der Waals surface area (Å²) in [6, 6.07) is 2.11. The van der Waals surface area contributed by atoms with E-state index in [4.69, 9.17) is 4.74 Å². The van der Waals surface area contributed by atoms with E-state index in [1.807, 2.05) is 0 Å². The Labute approximate surface area is 132 Å². The number of rotatable bonds is 4. The summed E-state index contributed by atoms with van der Waals surface area (Å²) in [7, 11) is 1.41. The Bertz CT molecular complexity index is 597. The number of urea groups is 1. The van der Waals surface area contributed by atoms with Gasteiger partial charge in [0.2, 0.25) is 5.91 Å². The van der Waals surface area contributed by atoms with Crippen LogP contribution >= 0.6 is 0 Å². The van der Waals surface area contributed by atoms with Crippen LogP contribution in [0.4, 0.5) is 13.6 Å². The highest BCUT2D eigenvalue weighted by molar-refractivity contribution is 5.96. The monoisotopic (exact) mass is 327 g/mol. The van der Waals surface area contributed by atoms with E-state index in [2.05, 4.69) is 16.0 Å². The molecule has 1 aliphatic rings. The predicted octanol–water partition coefficient (Wildman–Crippen LogP) is 1.23. The van der Waals surface area contributed by atoms with Gasteiger partial charge in [0.25, 0.3) is 0 Å². The normalized spacial score (nSPS) is 21.7. The first-order valence-electron chi connectivity index (χ1n) is 7.27.